The Morgan fingerprint density at radius 2 is 1.59 bits per heavy atom. The van der Waals surface area contributed by atoms with E-state index < -0.39 is 11.7 Å². The lowest BCUT2D eigenvalue weighted by Gasteiger charge is -2.37. The lowest BCUT2D eigenvalue weighted by atomic mass is 9.78. The first-order valence-corrected chi connectivity index (χ1v) is 7.28. The van der Waals surface area contributed by atoms with Gasteiger partial charge in [0.05, 0.1) is 23.3 Å². The summed E-state index contributed by atoms with van der Waals surface area (Å²) in [7, 11) is 1.65. The molecule has 0 radical (unpaired) electrons. The van der Waals surface area contributed by atoms with Crippen molar-refractivity contribution in [3.05, 3.63) is 71.3 Å². The van der Waals surface area contributed by atoms with Gasteiger partial charge in [-0.05, 0) is 37.1 Å². The number of hydrogen-bond acceptors (Lipinski definition) is 3. The van der Waals surface area contributed by atoms with Crippen molar-refractivity contribution in [3.8, 4) is 6.07 Å². The van der Waals surface area contributed by atoms with Crippen LogP contribution in [-0.4, -0.2) is 17.8 Å². The van der Waals surface area contributed by atoms with E-state index in [1.165, 1.54) is 0 Å². The van der Waals surface area contributed by atoms with Crippen molar-refractivity contribution >= 4 is 0 Å². The average Bonchev–Trinajstić information content (AvgIpc) is 2.56. The Balaban J connectivity index is 2.42. The standard InChI is InChI=1S/C19H21NO2/c1-19(2,22-3)17(15-7-5-4-6-8-15)18(21)16-11-9-14(13-20)10-12-16/h4-12,17-18,21H,1-3H3/t17-,18+/m0/s1. The highest BCUT2D eigenvalue weighted by Crippen LogP contribution is 2.40. The van der Waals surface area contributed by atoms with Crippen LogP contribution >= 0.6 is 0 Å². The van der Waals surface area contributed by atoms with Crippen molar-refractivity contribution in [1.29, 1.82) is 5.26 Å². The minimum absolute atomic E-state index is 0.216. The maximum Gasteiger partial charge on any atom is 0.0991 e. The largest absolute Gasteiger partial charge is 0.388 e. The van der Waals surface area contributed by atoms with Crippen molar-refractivity contribution in [1.82, 2.24) is 0 Å². The van der Waals surface area contributed by atoms with Gasteiger partial charge in [-0.2, -0.15) is 5.26 Å². The van der Waals surface area contributed by atoms with Crippen LogP contribution in [0.15, 0.2) is 54.6 Å². The van der Waals surface area contributed by atoms with Crippen LogP contribution < -0.4 is 0 Å². The van der Waals surface area contributed by atoms with Gasteiger partial charge in [0.1, 0.15) is 0 Å². The van der Waals surface area contributed by atoms with E-state index in [4.69, 9.17) is 10.00 Å². The summed E-state index contributed by atoms with van der Waals surface area (Å²) in [6, 6.07) is 19.0. The molecule has 0 spiro atoms. The number of ether oxygens (including phenoxy) is 1. The molecule has 0 aromatic heterocycles. The first-order chi connectivity index (χ1) is 10.5. The van der Waals surface area contributed by atoms with E-state index >= 15 is 0 Å². The van der Waals surface area contributed by atoms with Gasteiger partial charge in [-0.25, -0.2) is 0 Å². The highest BCUT2D eigenvalue weighted by molar-refractivity contribution is 5.35. The second kappa shape index (κ2) is 6.74. The van der Waals surface area contributed by atoms with Crippen LogP contribution in [0.1, 0.15) is 42.6 Å². The lowest BCUT2D eigenvalue weighted by Crippen LogP contribution is -2.35. The molecule has 0 saturated carbocycles. The van der Waals surface area contributed by atoms with E-state index in [0.29, 0.717) is 5.56 Å². The summed E-state index contributed by atoms with van der Waals surface area (Å²) in [4.78, 5) is 0. The molecule has 1 N–H and O–H groups in total. The maximum absolute atomic E-state index is 10.9. The molecule has 0 bridgehead atoms. The van der Waals surface area contributed by atoms with Crippen LogP contribution in [-0.2, 0) is 4.74 Å². The molecule has 3 nitrogen and oxygen atoms in total. The quantitative estimate of drug-likeness (QED) is 0.912. The van der Waals surface area contributed by atoms with Crippen LogP contribution in [0.25, 0.3) is 0 Å². The molecule has 114 valence electrons. The van der Waals surface area contributed by atoms with Gasteiger partial charge in [0.25, 0.3) is 0 Å². The van der Waals surface area contributed by atoms with Crippen LogP contribution in [0.3, 0.4) is 0 Å². The summed E-state index contributed by atoms with van der Waals surface area (Å²) in [5, 5.41) is 19.8. The molecule has 0 fully saturated rings. The molecule has 3 heteroatoms. The number of methoxy groups -OCH3 is 1. The topological polar surface area (TPSA) is 53.2 Å². The zero-order chi connectivity index (χ0) is 16.2. The second-order valence-corrected chi connectivity index (χ2v) is 5.87. The summed E-state index contributed by atoms with van der Waals surface area (Å²) in [5.41, 5.74) is 1.84. The second-order valence-electron chi connectivity index (χ2n) is 5.87. The van der Waals surface area contributed by atoms with Gasteiger partial charge in [-0.15, -0.1) is 0 Å². The molecule has 0 amide bonds. The van der Waals surface area contributed by atoms with Crippen molar-refractivity contribution in [3.63, 3.8) is 0 Å². The van der Waals surface area contributed by atoms with E-state index in [1.807, 2.05) is 44.2 Å². The maximum atomic E-state index is 10.9. The average molecular weight is 295 g/mol. The van der Waals surface area contributed by atoms with Crippen molar-refractivity contribution in [2.45, 2.75) is 31.5 Å². The number of aliphatic hydroxyl groups excluding tert-OH is 1. The number of aliphatic hydroxyl groups is 1. The zero-order valence-corrected chi connectivity index (χ0v) is 13.2. The number of hydrogen-bond donors (Lipinski definition) is 1. The highest BCUT2D eigenvalue weighted by Gasteiger charge is 2.37. The molecular weight excluding hydrogens is 274 g/mol. The SMILES string of the molecule is COC(C)(C)[C@@H](c1ccccc1)[C@H](O)c1ccc(C#N)cc1. The fraction of sp³-hybridized carbons (Fsp3) is 0.316. The van der Waals surface area contributed by atoms with Gasteiger partial charge in [-0.3, -0.25) is 0 Å². The molecule has 2 aromatic rings. The van der Waals surface area contributed by atoms with Gasteiger partial charge in [0.2, 0.25) is 0 Å². The minimum atomic E-state index is -0.718. The van der Waals surface area contributed by atoms with Crippen LogP contribution in [0.5, 0.6) is 0 Å². The van der Waals surface area contributed by atoms with Gasteiger partial charge >= 0.3 is 0 Å². The Hall–Kier alpha value is -2.15. The van der Waals surface area contributed by atoms with Gasteiger partial charge in [-0.1, -0.05) is 42.5 Å². The summed E-state index contributed by atoms with van der Waals surface area (Å²) < 4.78 is 5.63. The van der Waals surface area contributed by atoms with E-state index in [0.717, 1.165) is 11.1 Å². The van der Waals surface area contributed by atoms with Crippen molar-refractivity contribution in [2.24, 2.45) is 0 Å². The normalized spacial score (nSPS) is 14.1. The van der Waals surface area contributed by atoms with Gasteiger partial charge < -0.3 is 9.84 Å². The molecule has 0 saturated heterocycles. The van der Waals surface area contributed by atoms with E-state index in [-0.39, 0.29) is 5.92 Å². The van der Waals surface area contributed by atoms with Crippen molar-refractivity contribution < 1.29 is 9.84 Å². The minimum Gasteiger partial charge on any atom is -0.388 e. The summed E-state index contributed by atoms with van der Waals surface area (Å²) in [6.45, 7) is 3.94. The monoisotopic (exact) mass is 295 g/mol. The Labute approximate surface area is 131 Å². The van der Waals surface area contributed by atoms with Gasteiger partial charge in [0.15, 0.2) is 0 Å². The number of benzene rings is 2. The first-order valence-electron chi connectivity index (χ1n) is 7.28. The third-order valence-corrected chi connectivity index (χ3v) is 4.13. The van der Waals surface area contributed by atoms with Crippen LogP contribution in [0.2, 0.25) is 0 Å². The molecule has 22 heavy (non-hydrogen) atoms. The zero-order valence-electron chi connectivity index (χ0n) is 13.2. The predicted octanol–water partition coefficient (Wildman–Crippen LogP) is 3.80. The molecule has 0 aliphatic rings. The van der Waals surface area contributed by atoms with E-state index in [9.17, 15) is 5.11 Å². The van der Waals surface area contributed by atoms with E-state index in [1.54, 1.807) is 31.4 Å². The fourth-order valence-corrected chi connectivity index (χ4v) is 2.70. The number of nitriles is 1. The third kappa shape index (κ3) is 3.36. The summed E-state index contributed by atoms with van der Waals surface area (Å²) in [5.74, 6) is -0.216. The molecule has 0 aliphatic heterocycles. The molecule has 0 aliphatic carbocycles. The Morgan fingerprint density at radius 1 is 1.00 bits per heavy atom. The van der Waals surface area contributed by atoms with Crippen LogP contribution in [0.4, 0.5) is 0 Å². The highest BCUT2D eigenvalue weighted by atomic mass is 16.5. The molecule has 2 atom stereocenters. The Kier molecular flexibility index (Phi) is 4.97. The summed E-state index contributed by atoms with van der Waals surface area (Å²) in [6.07, 6.45) is -0.718. The fourth-order valence-electron chi connectivity index (χ4n) is 2.70. The molecule has 0 unspecified atom stereocenters. The Bertz CT molecular complexity index is 641. The smallest absolute Gasteiger partial charge is 0.0991 e. The molecule has 0 heterocycles. The number of nitrogens with zero attached hydrogens (tertiary/aromatic N) is 1. The van der Waals surface area contributed by atoms with Gasteiger partial charge in [0, 0.05) is 13.0 Å². The van der Waals surface area contributed by atoms with Crippen molar-refractivity contribution in [2.75, 3.05) is 7.11 Å². The summed E-state index contributed by atoms with van der Waals surface area (Å²) >= 11 is 0. The predicted molar refractivity (Wildman–Crippen MR) is 86.4 cm³/mol. The van der Waals surface area contributed by atoms with Crippen LogP contribution in [0, 0.1) is 11.3 Å². The third-order valence-electron chi connectivity index (χ3n) is 4.13. The Morgan fingerprint density at radius 3 is 2.09 bits per heavy atom. The lowest BCUT2D eigenvalue weighted by molar-refractivity contribution is -0.0428. The molecule has 2 rings (SSSR count). The first kappa shape index (κ1) is 16.2. The van der Waals surface area contributed by atoms with E-state index in [2.05, 4.69) is 6.07 Å². The number of rotatable bonds is 5. The molecular formula is C19H21NO2. The molecule has 2 aromatic carbocycles.